The lowest BCUT2D eigenvalue weighted by Gasteiger charge is -2.20. The van der Waals surface area contributed by atoms with E-state index in [-0.39, 0.29) is 0 Å². The van der Waals surface area contributed by atoms with E-state index in [4.69, 9.17) is 0 Å². The zero-order chi connectivity index (χ0) is 12.1. The first-order valence-corrected chi connectivity index (χ1v) is 7.15. The van der Waals surface area contributed by atoms with Gasteiger partial charge in [0.25, 0.3) is 0 Å². The highest BCUT2D eigenvalue weighted by Crippen LogP contribution is 2.28. The molecule has 0 aliphatic heterocycles. The van der Waals surface area contributed by atoms with Crippen LogP contribution in [0.4, 0.5) is 0 Å². The molecule has 4 heteroatoms. The molecule has 0 bridgehead atoms. The van der Waals surface area contributed by atoms with E-state index in [0.717, 1.165) is 21.1 Å². The Morgan fingerprint density at radius 2 is 2.12 bits per heavy atom. The summed E-state index contributed by atoms with van der Waals surface area (Å²) >= 11 is 6.99. The molecule has 0 aliphatic carbocycles. The molecule has 90 valence electrons. The second-order valence-corrected chi connectivity index (χ2v) is 5.88. The van der Waals surface area contributed by atoms with E-state index >= 15 is 0 Å². The Kier molecular flexibility index (Phi) is 5.94. The standard InChI is InChI=1S/C12H18Br2N2/c1-4-8(2)5-11(15-3)12-10(14)6-9(13)7-16-12/h6-8,11,15H,4-5H2,1-3H3. The predicted octanol–water partition coefficient (Wildman–Crippen LogP) is 4.30. The molecule has 0 radical (unpaired) electrons. The number of nitrogens with one attached hydrogen (secondary N) is 1. The van der Waals surface area contributed by atoms with Crippen LogP contribution in [0.2, 0.25) is 0 Å². The summed E-state index contributed by atoms with van der Waals surface area (Å²) in [6.07, 6.45) is 4.16. The molecule has 1 aromatic rings. The molecule has 2 nitrogen and oxygen atoms in total. The summed E-state index contributed by atoms with van der Waals surface area (Å²) in [5.41, 5.74) is 1.09. The van der Waals surface area contributed by atoms with Crippen LogP contribution in [0.5, 0.6) is 0 Å². The molecule has 1 rings (SSSR count). The Labute approximate surface area is 114 Å². The van der Waals surface area contributed by atoms with E-state index in [1.54, 1.807) is 0 Å². The molecule has 1 N–H and O–H groups in total. The fourth-order valence-corrected chi connectivity index (χ4v) is 2.88. The first-order valence-electron chi connectivity index (χ1n) is 5.56. The minimum atomic E-state index is 0.317. The summed E-state index contributed by atoms with van der Waals surface area (Å²) in [5.74, 6) is 0.704. The molecular formula is C12H18Br2N2. The summed E-state index contributed by atoms with van der Waals surface area (Å²) in [4.78, 5) is 4.48. The number of rotatable bonds is 5. The molecular weight excluding hydrogens is 332 g/mol. The van der Waals surface area contributed by atoms with E-state index in [1.807, 2.05) is 19.3 Å². The largest absolute Gasteiger partial charge is 0.312 e. The van der Waals surface area contributed by atoms with Crippen molar-refractivity contribution in [2.24, 2.45) is 5.92 Å². The Balaban J connectivity index is 2.86. The lowest BCUT2D eigenvalue weighted by molar-refractivity contribution is 0.415. The van der Waals surface area contributed by atoms with Crippen molar-refractivity contribution in [1.82, 2.24) is 10.3 Å². The van der Waals surface area contributed by atoms with Crippen molar-refractivity contribution in [3.8, 4) is 0 Å². The third-order valence-electron chi connectivity index (χ3n) is 2.85. The maximum Gasteiger partial charge on any atom is 0.0715 e. The van der Waals surface area contributed by atoms with Gasteiger partial charge in [0.2, 0.25) is 0 Å². The minimum absolute atomic E-state index is 0.317. The van der Waals surface area contributed by atoms with Crippen LogP contribution in [0, 0.1) is 5.92 Å². The van der Waals surface area contributed by atoms with Crippen LogP contribution >= 0.6 is 31.9 Å². The van der Waals surface area contributed by atoms with Crippen molar-refractivity contribution in [2.45, 2.75) is 32.7 Å². The monoisotopic (exact) mass is 348 g/mol. The third-order valence-corrected chi connectivity index (χ3v) is 3.92. The van der Waals surface area contributed by atoms with Crippen molar-refractivity contribution in [3.63, 3.8) is 0 Å². The summed E-state index contributed by atoms with van der Waals surface area (Å²) in [7, 11) is 1.99. The molecule has 0 aromatic carbocycles. The van der Waals surface area contributed by atoms with Crippen LogP contribution < -0.4 is 5.32 Å². The van der Waals surface area contributed by atoms with Gasteiger partial charge in [0.1, 0.15) is 0 Å². The van der Waals surface area contributed by atoms with Gasteiger partial charge in [-0.25, -0.2) is 0 Å². The van der Waals surface area contributed by atoms with Gasteiger partial charge in [-0.3, -0.25) is 4.98 Å². The molecule has 1 aromatic heterocycles. The summed E-state index contributed by atoms with van der Waals surface area (Å²) in [6, 6.07) is 2.36. The van der Waals surface area contributed by atoms with Gasteiger partial charge in [-0.2, -0.15) is 0 Å². The number of hydrogen-bond donors (Lipinski definition) is 1. The quantitative estimate of drug-likeness (QED) is 0.857. The van der Waals surface area contributed by atoms with Gasteiger partial charge in [-0.1, -0.05) is 20.3 Å². The Morgan fingerprint density at radius 3 is 2.62 bits per heavy atom. The van der Waals surface area contributed by atoms with Crippen molar-refractivity contribution in [3.05, 3.63) is 26.9 Å². The number of nitrogens with zero attached hydrogens (tertiary/aromatic N) is 1. The number of halogens is 2. The van der Waals surface area contributed by atoms with Crippen molar-refractivity contribution in [2.75, 3.05) is 7.05 Å². The third kappa shape index (κ3) is 3.82. The number of pyridine rings is 1. The van der Waals surface area contributed by atoms with Gasteiger partial charge >= 0.3 is 0 Å². The predicted molar refractivity (Wildman–Crippen MR) is 75.5 cm³/mol. The lowest BCUT2D eigenvalue weighted by Crippen LogP contribution is -2.20. The van der Waals surface area contributed by atoms with Crippen LogP contribution in [0.3, 0.4) is 0 Å². The van der Waals surface area contributed by atoms with Gasteiger partial charge in [0, 0.05) is 15.1 Å². The highest BCUT2D eigenvalue weighted by Gasteiger charge is 2.16. The summed E-state index contributed by atoms with van der Waals surface area (Å²) < 4.78 is 2.06. The maximum atomic E-state index is 4.48. The van der Waals surface area contributed by atoms with Crippen LogP contribution in [-0.2, 0) is 0 Å². The fraction of sp³-hybridized carbons (Fsp3) is 0.583. The zero-order valence-corrected chi connectivity index (χ0v) is 13.1. The molecule has 2 unspecified atom stereocenters. The Morgan fingerprint density at radius 1 is 1.44 bits per heavy atom. The van der Waals surface area contributed by atoms with Gasteiger partial charge in [0.15, 0.2) is 0 Å². The first kappa shape index (κ1) is 14.1. The molecule has 2 atom stereocenters. The van der Waals surface area contributed by atoms with Crippen molar-refractivity contribution < 1.29 is 0 Å². The van der Waals surface area contributed by atoms with E-state index in [2.05, 4.69) is 56.0 Å². The Hall–Kier alpha value is 0.0700. The molecule has 0 spiro atoms. The van der Waals surface area contributed by atoms with Crippen LogP contribution in [0.1, 0.15) is 38.4 Å². The Bertz CT molecular complexity index is 342. The molecule has 16 heavy (non-hydrogen) atoms. The molecule has 0 saturated heterocycles. The molecule has 0 amide bonds. The SMILES string of the molecule is CCC(C)CC(NC)c1ncc(Br)cc1Br. The molecule has 1 heterocycles. The van der Waals surface area contributed by atoms with E-state index < -0.39 is 0 Å². The van der Waals surface area contributed by atoms with E-state index in [0.29, 0.717) is 12.0 Å². The average molecular weight is 350 g/mol. The first-order chi connectivity index (χ1) is 7.58. The van der Waals surface area contributed by atoms with Crippen LogP contribution in [0.15, 0.2) is 21.2 Å². The summed E-state index contributed by atoms with van der Waals surface area (Å²) in [5, 5.41) is 3.34. The van der Waals surface area contributed by atoms with Crippen molar-refractivity contribution in [1.29, 1.82) is 0 Å². The average Bonchev–Trinajstić information content (AvgIpc) is 2.26. The zero-order valence-electron chi connectivity index (χ0n) is 9.93. The van der Waals surface area contributed by atoms with Crippen LogP contribution in [0.25, 0.3) is 0 Å². The second-order valence-electron chi connectivity index (χ2n) is 4.11. The molecule has 0 saturated carbocycles. The van der Waals surface area contributed by atoms with Gasteiger partial charge in [-0.15, -0.1) is 0 Å². The highest BCUT2D eigenvalue weighted by atomic mass is 79.9. The van der Waals surface area contributed by atoms with Crippen molar-refractivity contribution >= 4 is 31.9 Å². The smallest absolute Gasteiger partial charge is 0.0715 e. The van der Waals surface area contributed by atoms with E-state index in [9.17, 15) is 0 Å². The molecule has 0 fully saturated rings. The normalized spacial score (nSPS) is 14.8. The minimum Gasteiger partial charge on any atom is -0.312 e. The van der Waals surface area contributed by atoms with Gasteiger partial charge in [-0.05, 0) is 57.3 Å². The van der Waals surface area contributed by atoms with Crippen LogP contribution in [-0.4, -0.2) is 12.0 Å². The summed E-state index contributed by atoms with van der Waals surface area (Å²) in [6.45, 7) is 4.50. The van der Waals surface area contributed by atoms with Gasteiger partial charge < -0.3 is 5.32 Å². The maximum absolute atomic E-state index is 4.48. The number of hydrogen-bond acceptors (Lipinski definition) is 2. The topological polar surface area (TPSA) is 24.9 Å². The fourth-order valence-electron chi connectivity index (χ4n) is 1.62. The second kappa shape index (κ2) is 6.72. The molecule has 0 aliphatic rings. The lowest BCUT2D eigenvalue weighted by atomic mass is 9.97. The van der Waals surface area contributed by atoms with Gasteiger partial charge in [0.05, 0.1) is 11.7 Å². The number of aromatic nitrogens is 1. The van der Waals surface area contributed by atoms with E-state index in [1.165, 1.54) is 6.42 Å². The highest BCUT2D eigenvalue weighted by molar-refractivity contribution is 9.11.